The van der Waals surface area contributed by atoms with Crippen molar-refractivity contribution in [3.8, 4) is 11.5 Å². The largest absolute Gasteiger partial charge is 0.496 e. The Labute approximate surface area is 200 Å². The molecule has 0 aliphatic carbocycles. The van der Waals surface area contributed by atoms with Gasteiger partial charge < -0.3 is 14.8 Å². The van der Waals surface area contributed by atoms with Gasteiger partial charge in [-0.3, -0.25) is 4.79 Å². The Morgan fingerprint density at radius 3 is 2.26 bits per heavy atom. The maximum Gasteiger partial charge on any atom is 0.259 e. The molecule has 0 spiro atoms. The molecular weight excluding hydrogens is 452 g/mol. The molecule has 0 saturated carbocycles. The molecule has 1 saturated heterocycles. The molecule has 0 aromatic heterocycles. The molecule has 0 atom stereocenters. The van der Waals surface area contributed by atoms with Gasteiger partial charge in [-0.1, -0.05) is 30.7 Å². The van der Waals surface area contributed by atoms with Gasteiger partial charge in [-0.2, -0.15) is 4.31 Å². The minimum absolute atomic E-state index is 0.131. The van der Waals surface area contributed by atoms with E-state index in [0.717, 1.165) is 30.0 Å². The topological polar surface area (TPSA) is 84.9 Å². The number of hydrogen-bond donors (Lipinski definition) is 1. The molecule has 1 fully saturated rings. The van der Waals surface area contributed by atoms with Gasteiger partial charge in [0.25, 0.3) is 5.91 Å². The fourth-order valence-electron chi connectivity index (χ4n) is 4.13. The van der Waals surface area contributed by atoms with E-state index in [-0.39, 0.29) is 11.0 Å². The summed E-state index contributed by atoms with van der Waals surface area (Å²) in [6.45, 7) is 4.75. The van der Waals surface area contributed by atoms with E-state index in [2.05, 4.69) is 5.32 Å². The van der Waals surface area contributed by atoms with Crippen LogP contribution in [-0.4, -0.2) is 44.9 Å². The van der Waals surface area contributed by atoms with Crippen molar-refractivity contribution in [3.05, 3.63) is 60.2 Å². The van der Waals surface area contributed by atoms with Crippen LogP contribution in [0.15, 0.2) is 59.5 Å². The van der Waals surface area contributed by atoms with E-state index < -0.39 is 15.9 Å². The maximum atomic E-state index is 13.3. The Bertz CT molecular complexity index is 1300. The van der Waals surface area contributed by atoms with Crippen LogP contribution < -0.4 is 14.8 Å². The van der Waals surface area contributed by atoms with Crippen molar-refractivity contribution in [1.29, 1.82) is 0 Å². The van der Waals surface area contributed by atoms with E-state index in [4.69, 9.17) is 9.47 Å². The van der Waals surface area contributed by atoms with Crippen LogP contribution in [0.3, 0.4) is 0 Å². The van der Waals surface area contributed by atoms with E-state index in [1.807, 2.05) is 44.2 Å². The van der Waals surface area contributed by atoms with Crippen molar-refractivity contribution in [3.63, 3.8) is 0 Å². The van der Waals surface area contributed by atoms with Crippen LogP contribution in [0.5, 0.6) is 11.5 Å². The number of methoxy groups -OCH3 is 1. The summed E-state index contributed by atoms with van der Waals surface area (Å²) in [5.74, 6) is 0.420. The number of nitrogens with one attached hydrogen (secondary N) is 1. The standard InChI is InChI=1S/C26H30N2O5S/c1-18(2)33-24-12-11-21(34(30,31)28-13-7-4-8-14-28)17-23(24)27-26(29)22-15-19-9-5-6-10-20(19)16-25(22)32-3/h5-6,9-12,15-18H,4,7-8,13-14H2,1-3H3,(H,27,29). The Kier molecular flexibility index (Phi) is 7.09. The van der Waals surface area contributed by atoms with Crippen LogP contribution in [0.25, 0.3) is 10.8 Å². The van der Waals surface area contributed by atoms with Crippen LogP contribution in [0.4, 0.5) is 5.69 Å². The van der Waals surface area contributed by atoms with Crippen molar-refractivity contribution in [1.82, 2.24) is 4.31 Å². The van der Waals surface area contributed by atoms with Gasteiger partial charge in [0.1, 0.15) is 11.5 Å². The average molecular weight is 483 g/mol. The van der Waals surface area contributed by atoms with Gasteiger partial charge in [0.15, 0.2) is 0 Å². The van der Waals surface area contributed by atoms with Crippen LogP contribution in [0.1, 0.15) is 43.5 Å². The minimum atomic E-state index is -3.67. The molecule has 34 heavy (non-hydrogen) atoms. The van der Waals surface area contributed by atoms with E-state index in [0.29, 0.717) is 35.8 Å². The fourth-order valence-corrected chi connectivity index (χ4v) is 5.68. The Balaban J connectivity index is 1.71. The summed E-state index contributed by atoms with van der Waals surface area (Å²) in [7, 11) is -2.16. The SMILES string of the molecule is COc1cc2ccccc2cc1C(=O)Nc1cc(S(=O)(=O)N2CCCCC2)ccc1OC(C)C. The lowest BCUT2D eigenvalue weighted by molar-refractivity contribution is 0.102. The molecule has 0 unspecified atom stereocenters. The molecule has 1 aliphatic heterocycles. The smallest absolute Gasteiger partial charge is 0.259 e. The summed E-state index contributed by atoms with van der Waals surface area (Å²) in [6, 6.07) is 15.9. The Morgan fingerprint density at radius 2 is 1.62 bits per heavy atom. The summed E-state index contributed by atoms with van der Waals surface area (Å²) < 4.78 is 39.3. The van der Waals surface area contributed by atoms with Gasteiger partial charge in [-0.05, 0) is 67.8 Å². The molecule has 3 aromatic carbocycles. The summed E-state index contributed by atoms with van der Waals surface area (Å²) in [4.78, 5) is 13.5. The summed E-state index contributed by atoms with van der Waals surface area (Å²) in [5, 5.41) is 4.71. The first-order valence-electron chi connectivity index (χ1n) is 11.5. The second-order valence-corrected chi connectivity index (χ2v) is 10.6. The zero-order valence-corrected chi connectivity index (χ0v) is 20.5. The monoisotopic (exact) mass is 482 g/mol. The number of nitrogens with zero attached hydrogens (tertiary/aromatic N) is 1. The number of carbonyl (C=O) groups is 1. The van der Waals surface area contributed by atoms with Gasteiger partial charge in [-0.25, -0.2) is 8.42 Å². The lowest BCUT2D eigenvalue weighted by Crippen LogP contribution is -2.35. The van der Waals surface area contributed by atoms with Crippen molar-refractivity contribution >= 4 is 32.4 Å². The zero-order valence-electron chi connectivity index (χ0n) is 19.7. The highest BCUT2D eigenvalue weighted by molar-refractivity contribution is 7.89. The third-order valence-electron chi connectivity index (χ3n) is 5.83. The number of anilines is 1. The molecule has 180 valence electrons. The molecule has 3 aromatic rings. The number of ether oxygens (including phenoxy) is 2. The van der Waals surface area contributed by atoms with Crippen molar-refractivity contribution < 1.29 is 22.7 Å². The number of carbonyl (C=O) groups excluding carboxylic acids is 1. The molecule has 1 heterocycles. The molecule has 1 aliphatic rings. The second-order valence-electron chi connectivity index (χ2n) is 8.64. The van der Waals surface area contributed by atoms with Gasteiger partial charge in [0.05, 0.1) is 29.4 Å². The molecule has 4 rings (SSSR count). The van der Waals surface area contributed by atoms with Crippen molar-refractivity contribution in [2.24, 2.45) is 0 Å². The molecular formula is C26H30N2O5S. The van der Waals surface area contributed by atoms with Crippen LogP contribution in [0.2, 0.25) is 0 Å². The third kappa shape index (κ3) is 5.03. The first-order chi connectivity index (χ1) is 16.3. The summed E-state index contributed by atoms with van der Waals surface area (Å²) in [6.07, 6.45) is 2.57. The molecule has 0 bridgehead atoms. The van der Waals surface area contributed by atoms with E-state index in [1.54, 1.807) is 12.1 Å². The van der Waals surface area contributed by atoms with Crippen LogP contribution in [0, 0.1) is 0 Å². The first kappa shape index (κ1) is 24.0. The van der Waals surface area contributed by atoms with Gasteiger partial charge in [-0.15, -0.1) is 0 Å². The second kappa shape index (κ2) is 10.0. The number of sulfonamides is 1. The van der Waals surface area contributed by atoms with Gasteiger partial charge in [0, 0.05) is 13.1 Å². The van der Waals surface area contributed by atoms with E-state index >= 15 is 0 Å². The zero-order chi connectivity index (χ0) is 24.3. The highest BCUT2D eigenvalue weighted by Crippen LogP contribution is 2.33. The third-order valence-corrected chi connectivity index (χ3v) is 7.72. The molecule has 7 nitrogen and oxygen atoms in total. The predicted octanol–water partition coefficient (Wildman–Crippen LogP) is 5.06. The highest BCUT2D eigenvalue weighted by atomic mass is 32.2. The number of amides is 1. The number of benzene rings is 3. The molecule has 1 amide bonds. The molecule has 1 N–H and O–H groups in total. The summed E-state index contributed by atoms with van der Waals surface area (Å²) >= 11 is 0. The van der Waals surface area contributed by atoms with Gasteiger partial charge >= 0.3 is 0 Å². The number of hydrogen-bond acceptors (Lipinski definition) is 5. The minimum Gasteiger partial charge on any atom is -0.496 e. The van der Waals surface area contributed by atoms with E-state index in [1.165, 1.54) is 23.5 Å². The number of fused-ring (bicyclic) bond motifs is 1. The first-order valence-corrected chi connectivity index (χ1v) is 12.9. The Hall–Kier alpha value is -3.10. The fraction of sp³-hybridized carbons (Fsp3) is 0.346. The normalized spacial score (nSPS) is 14.8. The number of piperidine rings is 1. The summed E-state index contributed by atoms with van der Waals surface area (Å²) in [5.41, 5.74) is 0.646. The van der Waals surface area contributed by atoms with Crippen molar-refractivity contribution in [2.75, 3.05) is 25.5 Å². The lowest BCUT2D eigenvalue weighted by Gasteiger charge is -2.26. The lowest BCUT2D eigenvalue weighted by atomic mass is 10.1. The van der Waals surface area contributed by atoms with E-state index in [9.17, 15) is 13.2 Å². The predicted molar refractivity (Wildman–Crippen MR) is 133 cm³/mol. The Morgan fingerprint density at radius 1 is 0.941 bits per heavy atom. The number of rotatable bonds is 7. The molecule has 8 heteroatoms. The van der Waals surface area contributed by atoms with Crippen molar-refractivity contribution in [2.45, 2.75) is 44.1 Å². The van der Waals surface area contributed by atoms with Crippen LogP contribution in [-0.2, 0) is 10.0 Å². The highest BCUT2D eigenvalue weighted by Gasteiger charge is 2.27. The molecule has 0 radical (unpaired) electrons. The quantitative estimate of drug-likeness (QED) is 0.509. The average Bonchev–Trinajstić information content (AvgIpc) is 2.84. The van der Waals surface area contributed by atoms with Crippen LogP contribution >= 0.6 is 0 Å². The van der Waals surface area contributed by atoms with Gasteiger partial charge in [0.2, 0.25) is 10.0 Å². The maximum absolute atomic E-state index is 13.3.